The molecule has 114 heavy (non-hydrogen) atoms. The summed E-state index contributed by atoms with van der Waals surface area (Å²) in [6.07, 6.45) is 7.22. The van der Waals surface area contributed by atoms with Gasteiger partial charge in [-0.2, -0.15) is 0 Å². The second kappa shape index (κ2) is 59.1. The highest BCUT2D eigenvalue weighted by atomic mass is 16.6. The molecule has 0 amide bonds. The molecule has 0 aromatic carbocycles. The van der Waals surface area contributed by atoms with E-state index in [2.05, 4.69) is 28.4 Å². The highest BCUT2D eigenvalue weighted by molar-refractivity contribution is 6.02. The lowest BCUT2D eigenvalue weighted by Gasteiger charge is -2.23. The molecule has 0 heterocycles. The number of ether oxygens (including phenoxy) is 20. The maximum Gasteiger partial charge on any atom is 0.323 e. The lowest BCUT2D eigenvalue weighted by molar-refractivity contribution is -0.174. The van der Waals surface area contributed by atoms with Gasteiger partial charge in [0, 0.05) is 0 Å². The molecule has 0 saturated heterocycles. The van der Waals surface area contributed by atoms with Crippen molar-refractivity contribution in [2.45, 2.75) is 173 Å². The first-order valence-electron chi connectivity index (χ1n) is 38.3. The van der Waals surface area contributed by atoms with Crippen LogP contribution in [0.5, 0.6) is 0 Å². The Morgan fingerprint density at radius 3 is 0.746 bits per heavy atom. The van der Waals surface area contributed by atoms with Crippen molar-refractivity contribution in [1.29, 1.82) is 0 Å². The molecule has 656 valence electrons. The van der Waals surface area contributed by atoms with Gasteiger partial charge in [0.15, 0.2) is 45.3 Å². The smallest absolute Gasteiger partial charge is 0.323 e. The highest BCUT2D eigenvalue weighted by Crippen LogP contribution is 2.42. The molecule has 2 aliphatic rings. The molecule has 0 N–H and O–H groups in total. The van der Waals surface area contributed by atoms with Crippen molar-refractivity contribution in [1.82, 2.24) is 0 Å². The Morgan fingerprint density at radius 1 is 0.281 bits per heavy atom. The van der Waals surface area contributed by atoms with Crippen LogP contribution >= 0.6 is 0 Å². The first kappa shape index (κ1) is 107. The van der Waals surface area contributed by atoms with Gasteiger partial charge in [0.2, 0.25) is 0 Å². The predicted octanol–water partition coefficient (Wildman–Crippen LogP) is 6.34. The summed E-state index contributed by atoms with van der Waals surface area (Å²) in [5.41, 5.74) is -5.12. The Labute approximate surface area is 669 Å². The number of hydrogen-bond acceptors (Lipinski definition) is 36. The maximum absolute atomic E-state index is 12.3. The van der Waals surface area contributed by atoms with Crippen LogP contribution in [-0.2, 0) is 171 Å². The van der Waals surface area contributed by atoms with Gasteiger partial charge in [-0.1, -0.05) is 108 Å². The summed E-state index contributed by atoms with van der Waals surface area (Å²) in [6, 6.07) is 0. The van der Waals surface area contributed by atoms with Crippen LogP contribution in [0.2, 0.25) is 0 Å². The number of esters is 16. The van der Waals surface area contributed by atoms with Crippen LogP contribution in [0.25, 0.3) is 0 Å². The molecule has 0 aromatic heterocycles. The van der Waals surface area contributed by atoms with E-state index in [1.165, 1.54) is 70.7 Å². The first-order chi connectivity index (χ1) is 53.9. The Balaban J connectivity index is 0. The fraction of sp³-hybridized carbons (Fsp3) is 0.795. The van der Waals surface area contributed by atoms with Crippen molar-refractivity contribution >= 4 is 95.5 Å². The number of rotatable bonds is 50. The molecule has 0 aromatic rings. The Morgan fingerprint density at radius 2 is 0.526 bits per heavy atom. The summed E-state index contributed by atoms with van der Waals surface area (Å²) in [6.45, 7) is 21.4. The molecule has 2 fully saturated rings. The van der Waals surface area contributed by atoms with E-state index in [1.807, 2.05) is 41.5 Å². The summed E-state index contributed by atoms with van der Waals surface area (Å²) >= 11 is 0. The van der Waals surface area contributed by atoms with Gasteiger partial charge < -0.3 is 94.7 Å². The van der Waals surface area contributed by atoms with E-state index in [1.54, 1.807) is 27.7 Å². The van der Waals surface area contributed by atoms with E-state index in [0.29, 0.717) is 51.4 Å². The van der Waals surface area contributed by atoms with Crippen LogP contribution in [0, 0.1) is 69.0 Å². The van der Waals surface area contributed by atoms with Crippen molar-refractivity contribution in [3.8, 4) is 0 Å². The summed E-state index contributed by atoms with van der Waals surface area (Å²) < 4.78 is 99.1. The molecule has 0 radical (unpaired) electrons. The Hall–Kier alpha value is -8.64. The molecule has 36 nitrogen and oxygen atoms in total. The summed E-state index contributed by atoms with van der Waals surface area (Å²) in [5, 5.41) is 0. The minimum atomic E-state index is -1.36. The van der Waals surface area contributed by atoms with Gasteiger partial charge in [0.1, 0.15) is 52.9 Å². The highest BCUT2D eigenvalue weighted by Gasteiger charge is 2.52. The van der Waals surface area contributed by atoms with Crippen molar-refractivity contribution in [3.63, 3.8) is 0 Å². The second-order valence-corrected chi connectivity index (χ2v) is 27.8. The molecule has 8 atom stereocenters. The standard InChI is InChI=1S/C20H30O9.2C20H34O9.C18H30O9/c1-25-15(21)19(7-3-4-8-19)17(23)28-13-11-27-12-14-29-18(24)20(16(22)26-2)9-5-6-10-20;1-13(2)11-15(17(21)25-5)19(23)28-9-7-27-8-10-29-20(24)16(12-14(3)4)18(22)26-6;1-7-13(3)15(17(21)25-5)19(23)28-11-9-27-10-12-29-20(24)16(14(4)8-2)18(22)26-6;1-7-17(3,13(19)23-5)15(21)26-11-9-25-10-12-27-16(22)18(4,8-2)14(20)24-6/h3-14H2,1-2H3;2*13-16H,7-12H2,1-6H3;7-12H2,1-6H3. The van der Waals surface area contributed by atoms with Crippen LogP contribution in [-0.4, -0.2) is 258 Å². The average molecular weight is 1640 g/mol. The molecule has 2 saturated carbocycles. The second-order valence-electron chi connectivity index (χ2n) is 27.8. The molecular weight excluding hydrogens is 1510 g/mol. The van der Waals surface area contributed by atoms with E-state index < -0.39 is 141 Å². The van der Waals surface area contributed by atoms with Gasteiger partial charge in [-0.25, -0.2) is 0 Å². The maximum atomic E-state index is 12.3. The van der Waals surface area contributed by atoms with Crippen molar-refractivity contribution in [3.05, 3.63) is 0 Å². The van der Waals surface area contributed by atoms with E-state index in [9.17, 15) is 76.7 Å². The molecule has 8 unspecified atom stereocenters. The Bertz CT molecular complexity index is 2780. The largest absolute Gasteiger partial charge is 0.468 e. The number of methoxy groups -OCH3 is 8. The third-order valence-electron chi connectivity index (χ3n) is 19.0. The molecule has 2 rings (SSSR count). The zero-order valence-corrected chi connectivity index (χ0v) is 70.5. The summed E-state index contributed by atoms with van der Waals surface area (Å²) in [5.74, 6) is -14.1. The van der Waals surface area contributed by atoms with Gasteiger partial charge in [0.05, 0.1) is 110 Å². The zero-order chi connectivity index (χ0) is 87.2. The molecule has 0 spiro atoms. The van der Waals surface area contributed by atoms with Gasteiger partial charge in [-0.05, 0) is 88.9 Å². The topological polar surface area (TPSA) is 458 Å². The van der Waals surface area contributed by atoms with E-state index in [0.717, 1.165) is 25.7 Å². The van der Waals surface area contributed by atoms with Gasteiger partial charge in [-0.3, -0.25) is 76.7 Å². The van der Waals surface area contributed by atoms with Gasteiger partial charge >= 0.3 is 95.5 Å². The Kier molecular flexibility index (Phi) is 55.7. The number of hydrogen-bond donors (Lipinski definition) is 0. The minimum Gasteiger partial charge on any atom is -0.468 e. The average Bonchev–Trinajstić information content (AvgIpc) is 1.65. The summed E-state index contributed by atoms with van der Waals surface area (Å²) in [4.78, 5) is 191. The zero-order valence-electron chi connectivity index (χ0n) is 70.5. The molecule has 36 heteroatoms. The molecule has 0 aliphatic heterocycles. The normalized spacial score (nSPS) is 15.6. The van der Waals surface area contributed by atoms with Crippen molar-refractivity contribution in [2.75, 3.05) is 163 Å². The molecular formula is C78H128O36. The fourth-order valence-corrected chi connectivity index (χ4v) is 11.1. The first-order valence-corrected chi connectivity index (χ1v) is 38.3. The third-order valence-corrected chi connectivity index (χ3v) is 19.0. The minimum absolute atomic E-state index is 0.0162. The van der Waals surface area contributed by atoms with Gasteiger partial charge in [0.25, 0.3) is 0 Å². The van der Waals surface area contributed by atoms with Gasteiger partial charge in [-0.15, -0.1) is 0 Å². The third kappa shape index (κ3) is 36.9. The van der Waals surface area contributed by atoms with Crippen LogP contribution in [0.4, 0.5) is 0 Å². The van der Waals surface area contributed by atoms with Crippen molar-refractivity contribution < 1.29 is 171 Å². The summed E-state index contributed by atoms with van der Waals surface area (Å²) in [7, 11) is 9.82. The lowest BCUT2D eigenvalue weighted by Crippen LogP contribution is -2.40. The van der Waals surface area contributed by atoms with Crippen molar-refractivity contribution in [2.24, 2.45) is 69.0 Å². The van der Waals surface area contributed by atoms with Crippen LogP contribution in [0.15, 0.2) is 0 Å². The van der Waals surface area contributed by atoms with E-state index in [-0.39, 0.29) is 142 Å². The lowest BCUT2D eigenvalue weighted by atomic mass is 9.86. The van der Waals surface area contributed by atoms with E-state index >= 15 is 0 Å². The van der Waals surface area contributed by atoms with E-state index in [4.69, 9.17) is 66.3 Å². The molecule has 2 aliphatic carbocycles. The predicted molar refractivity (Wildman–Crippen MR) is 397 cm³/mol. The van der Waals surface area contributed by atoms with Crippen LogP contribution in [0.3, 0.4) is 0 Å². The fourth-order valence-electron chi connectivity index (χ4n) is 11.1. The monoisotopic (exact) mass is 1640 g/mol. The quantitative estimate of drug-likeness (QED) is 0.0277. The SMILES string of the molecule is CCC(C)(C(=O)OC)C(=O)OCCOCCOC(=O)C(C)(CC)C(=O)OC.CCC(C)C(C(=O)OC)C(=O)OCCOCCOC(=O)C(C(=O)OC)C(C)CC.COC(=O)C(CC(C)C)C(=O)OCCOCCOC(=O)C(CC(C)C)C(=O)OC.COC(=O)C1(C(=O)OCCOCCOC(=O)C2(C(=O)OC)CCCC2)CCCC1. The number of carbonyl (C=O) groups is 16. The number of carbonyl (C=O) groups excluding carboxylic acids is 16. The molecule has 0 bridgehead atoms. The van der Waals surface area contributed by atoms with Crippen LogP contribution in [0.1, 0.15) is 173 Å². The van der Waals surface area contributed by atoms with Crippen LogP contribution < -0.4 is 0 Å².